The number of alkyl carbamates (subject to hydrolysis) is 1. The number of hydrogen-bond donors (Lipinski definition) is 2. The first-order valence-corrected chi connectivity index (χ1v) is 9.55. The maximum absolute atomic E-state index is 12.2. The highest BCUT2D eigenvalue weighted by Crippen LogP contribution is 2.14. The maximum atomic E-state index is 12.2. The molecule has 0 saturated carbocycles. The Morgan fingerprint density at radius 2 is 1.81 bits per heavy atom. The summed E-state index contributed by atoms with van der Waals surface area (Å²) in [7, 11) is 0. The highest BCUT2D eigenvalue weighted by molar-refractivity contribution is 5.88. The second kappa shape index (κ2) is 9.73. The van der Waals surface area contributed by atoms with Crippen molar-refractivity contribution in [2.24, 2.45) is 0 Å². The van der Waals surface area contributed by atoms with Gasteiger partial charge in [-0.05, 0) is 46.5 Å². The van der Waals surface area contributed by atoms with E-state index in [1.54, 1.807) is 31.7 Å². The van der Waals surface area contributed by atoms with E-state index in [1.165, 1.54) is 0 Å². The van der Waals surface area contributed by atoms with E-state index in [9.17, 15) is 14.4 Å². The summed E-state index contributed by atoms with van der Waals surface area (Å²) in [5.41, 5.74) is 0.531. The van der Waals surface area contributed by atoms with E-state index in [0.29, 0.717) is 39.1 Å². The van der Waals surface area contributed by atoms with Crippen LogP contribution in [0.3, 0.4) is 0 Å². The first kappa shape index (κ1) is 21.2. The highest BCUT2D eigenvalue weighted by Gasteiger charge is 2.24. The number of carbonyl (C=O) groups excluding carboxylic acids is 3. The van der Waals surface area contributed by atoms with Gasteiger partial charge in [-0.1, -0.05) is 5.57 Å². The van der Waals surface area contributed by atoms with E-state index in [2.05, 4.69) is 10.6 Å². The zero-order valence-electron chi connectivity index (χ0n) is 16.5. The summed E-state index contributed by atoms with van der Waals surface area (Å²) in [6.07, 6.45) is 4.12. The van der Waals surface area contributed by atoms with Gasteiger partial charge in [-0.25, -0.2) is 4.79 Å². The molecule has 0 aromatic rings. The molecule has 2 aliphatic rings. The molecule has 0 aliphatic carbocycles. The van der Waals surface area contributed by atoms with E-state index in [-0.39, 0.29) is 24.4 Å². The minimum absolute atomic E-state index is 0.0664. The summed E-state index contributed by atoms with van der Waals surface area (Å²) in [5, 5.41) is 5.50. The van der Waals surface area contributed by atoms with Gasteiger partial charge in [0, 0.05) is 25.2 Å². The number of nitrogens with zero attached hydrogens (tertiary/aromatic N) is 1. The predicted molar refractivity (Wildman–Crippen MR) is 100 cm³/mol. The van der Waals surface area contributed by atoms with Gasteiger partial charge in [0.1, 0.15) is 12.1 Å². The molecule has 2 rings (SSSR count). The Hall–Kier alpha value is -2.09. The van der Waals surface area contributed by atoms with Crippen LogP contribution < -0.4 is 10.6 Å². The van der Waals surface area contributed by atoms with Crippen LogP contribution in [-0.4, -0.2) is 67.3 Å². The zero-order chi connectivity index (χ0) is 19.9. The van der Waals surface area contributed by atoms with Gasteiger partial charge in [-0.2, -0.15) is 0 Å². The van der Waals surface area contributed by atoms with Crippen LogP contribution in [-0.2, 0) is 19.1 Å². The highest BCUT2D eigenvalue weighted by atomic mass is 16.6. The number of hydrogen-bond acceptors (Lipinski definition) is 5. The Bertz CT molecular complexity index is 566. The minimum atomic E-state index is -0.598. The third-order valence-electron chi connectivity index (χ3n) is 4.45. The summed E-state index contributed by atoms with van der Waals surface area (Å²) in [6.45, 7) is 7.70. The molecule has 2 saturated heterocycles. The lowest BCUT2D eigenvalue weighted by molar-refractivity contribution is -0.131. The van der Waals surface area contributed by atoms with E-state index in [0.717, 1.165) is 18.4 Å². The fourth-order valence-corrected chi connectivity index (χ4v) is 3.05. The molecule has 0 bridgehead atoms. The lowest BCUT2D eigenvalue weighted by atomic mass is 10.0. The molecule has 2 heterocycles. The van der Waals surface area contributed by atoms with E-state index in [1.807, 2.05) is 0 Å². The molecule has 2 N–H and O–H groups in total. The first-order valence-electron chi connectivity index (χ1n) is 9.55. The average Bonchev–Trinajstić information content (AvgIpc) is 2.59. The SMILES string of the molecule is CC(C)(C)OC(=O)NCC(=O)N1CCC(NC(=O)C=C2CCOCC2)CC1. The van der Waals surface area contributed by atoms with Gasteiger partial charge in [0.25, 0.3) is 0 Å². The Morgan fingerprint density at radius 1 is 1.19 bits per heavy atom. The van der Waals surface area contributed by atoms with Gasteiger partial charge in [0.05, 0.1) is 13.2 Å². The smallest absolute Gasteiger partial charge is 0.408 e. The Balaban J connectivity index is 1.67. The fraction of sp³-hybridized carbons (Fsp3) is 0.737. The Kier molecular flexibility index (Phi) is 7.65. The standard InChI is InChI=1S/C19H31N3O5/c1-19(2,3)27-18(25)20-13-17(24)22-8-4-15(5-9-22)21-16(23)12-14-6-10-26-11-7-14/h12,15H,4-11,13H2,1-3H3,(H,20,25)(H,21,23). The van der Waals surface area contributed by atoms with Crippen LogP contribution in [0.1, 0.15) is 46.5 Å². The van der Waals surface area contributed by atoms with Crippen molar-refractivity contribution in [3.05, 3.63) is 11.6 Å². The van der Waals surface area contributed by atoms with Crippen molar-refractivity contribution >= 4 is 17.9 Å². The molecule has 8 nitrogen and oxygen atoms in total. The van der Waals surface area contributed by atoms with Gasteiger partial charge in [-0.15, -0.1) is 0 Å². The van der Waals surface area contributed by atoms with E-state index >= 15 is 0 Å². The summed E-state index contributed by atoms with van der Waals surface area (Å²) in [6, 6.07) is 0.0667. The van der Waals surface area contributed by atoms with Crippen LogP contribution >= 0.6 is 0 Å². The van der Waals surface area contributed by atoms with Gasteiger partial charge >= 0.3 is 6.09 Å². The predicted octanol–water partition coefficient (Wildman–Crippen LogP) is 1.36. The van der Waals surface area contributed by atoms with Crippen LogP contribution in [0.2, 0.25) is 0 Å². The lowest BCUT2D eigenvalue weighted by Crippen LogP contribution is -2.49. The van der Waals surface area contributed by atoms with Crippen LogP contribution in [0.15, 0.2) is 11.6 Å². The molecule has 27 heavy (non-hydrogen) atoms. The van der Waals surface area contributed by atoms with Crippen molar-refractivity contribution in [2.45, 2.75) is 58.1 Å². The second-order valence-corrected chi connectivity index (χ2v) is 7.93. The summed E-state index contributed by atoms with van der Waals surface area (Å²) >= 11 is 0. The maximum Gasteiger partial charge on any atom is 0.408 e. The number of rotatable bonds is 4. The van der Waals surface area contributed by atoms with Crippen molar-refractivity contribution in [3.63, 3.8) is 0 Å². The summed E-state index contributed by atoms with van der Waals surface area (Å²) in [5.74, 6) is -0.210. The second-order valence-electron chi connectivity index (χ2n) is 7.93. The van der Waals surface area contributed by atoms with Crippen molar-refractivity contribution in [3.8, 4) is 0 Å². The van der Waals surface area contributed by atoms with Crippen LogP contribution in [0.25, 0.3) is 0 Å². The molecule has 0 aromatic carbocycles. The first-order chi connectivity index (χ1) is 12.7. The van der Waals surface area contributed by atoms with Crippen molar-refractivity contribution < 1.29 is 23.9 Å². The normalized spacial score (nSPS) is 18.6. The van der Waals surface area contributed by atoms with Gasteiger partial charge < -0.3 is 25.0 Å². The van der Waals surface area contributed by atoms with E-state index in [4.69, 9.17) is 9.47 Å². The number of ether oxygens (including phenoxy) is 2. The molecule has 0 atom stereocenters. The number of piperidine rings is 1. The molecule has 0 radical (unpaired) electrons. The third kappa shape index (κ3) is 7.99. The topological polar surface area (TPSA) is 97.0 Å². The van der Waals surface area contributed by atoms with Gasteiger partial charge in [-0.3, -0.25) is 9.59 Å². The molecular formula is C19H31N3O5. The molecule has 0 unspecified atom stereocenters. The number of amides is 3. The Labute approximate surface area is 160 Å². The number of likely N-dealkylation sites (tertiary alicyclic amines) is 1. The molecule has 2 aliphatic heterocycles. The number of nitrogens with one attached hydrogen (secondary N) is 2. The zero-order valence-corrected chi connectivity index (χ0v) is 16.5. The molecule has 152 valence electrons. The fourth-order valence-electron chi connectivity index (χ4n) is 3.05. The monoisotopic (exact) mass is 381 g/mol. The van der Waals surface area contributed by atoms with Gasteiger partial charge in [0.2, 0.25) is 11.8 Å². The molecule has 0 spiro atoms. The van der Waals surface area contributed by atoms with Crippen LogP contribution in [0.5, 0.6) is 0 Å². The van der Waals surface area contributed by atoms with Crippen LogP contribution in [0, 0.1) is 0 Å². The van der Waals surface area contributed by atoms with Crippen LogP contribution in [0.4, 0.5) is 4.79 Å². The van der Waals surface area contributed by atoms with Crippen molar-refractivity contribution in [2.75, 3.05) is 32.8 Å². The lowest BCUT2D eigenvalue weighted by Gasteiger charge is -2.32. The molecular weight excluding hydrogens is 350 g/mol. The minimum Gasteiger partial charge on any atom is -0.444 e. The number of carbonyl (C=O) groups is 3. The molecule has 3 amide bonds. The Morgan fingerprint density at radius 3 is 2.41 bits per heavy atom. The van der Waals surface area contributed by atoms with Crippen molar-refractivity contribution in [1.82, 2.24) is 15.5 Å². The summed E-state index contributed by atoms with van der Waals surface area (Å²) < 4.78 is 10.4. The largest absolute Gasteiger partial charge is 0.444 e. The summed E-state index contributed by atoms with van der Waals surface area (Å²) in [4.78, 5) is 37.6. The average molecular weight is 381 g/mol. The van der Waals surface area contributed by atoms with Crippen molar-refractivity contribution in [1.29, 1.82) is 0 Å². The third-order valence-corrected chi connectivity index (χ3v) is 4.45. The van der Waals surface area contributed by atoms with Gasteiger partial charge in [0.15, 0.2) is 0 Å². The molecule has 8 heteroatoms. The molecule has 0 aromatic heterocycles. The molecule has 2 fully saturated rings. The quantitative estimate of drug-likeness (QED) is 0.717. The van der Waals surface area contributed by atoms with E-state index < -0.39 is 11.7 Å².